The number of hydrogen-bond acceptors (Lipinski definition) is 2. The summed E-state index contributed by atoms with van der Waals surface area (Å²) in [6, 6.07) is 3.80. The molecule has 1 aromatic carbocycles. The number of phenols is 1. The predicted molar refractivity (Wildman–Crippen MR) is 111 cm³/mol. The van der Waals surface area contributed by atoms with E-state index in [-0.39, 0.29) is 16.7 Å². The number of hydrogen-bond donors (Lipinski definition) is 1. The van der Waals surface area contributed by atoms with Gasteiger partial charge in [0.25, 0.3) is 5.91 Å². The summed E-state index contributed by atoms with van der Waals surface area (Å²) in [5, 5.41) is 10.9. The van der Waals surface area contributed by atoms with Crippen molar-refractivity contribution in [1.82, 2.24) is 4.90 Å². The quantitative estimate of drug-likeness (QED) is 0.644. The van der Waals surface area contributed by atoms with Gasteiger partial charge in [0, 0.05) is 29.8 Å². The number of amides is 1. The summed E-state index contributed by atoms with van der Waals surface area (Å²) in [7, 11) is 0. The first kappa shape index (κ1) is 22.5. The molecule has 1 amide bonds. The SMILES string of the molecule is CCCCN(CCCC)C(=O)c1cc(C(C)(C)C)c(O)c(C(C)(C)C)c1. The summed E-state index contributed by atoms with van der Waals surface area (Å²) in [5.74, 6) is 0.415. The van der Waals surface area contributed by atoms with E-state index in [9.17, 15) is 9.90 Å². The van der Waals surface area contributed by atoms with E-state index in [1.54, 1.807) is 0 Å². The van der Waals surface area contributed by atoms with Crippen LogP contribution in [0.2, 0.25) is 0 Å². The van der Waals surface area contributed by atoms with Crippen molar-refractivity contribution in [2.45, 2.75) is 91.9 Å². The van der Waals surface area contributed by atoms with E-state index < -0.39 is 0 Å². The van der Waals surface area contributed by atoms with Crippen molar-refractivity contribution in [2.75, 3.05) is 13.1 Å². The van der Waals surface area contributed by atoms with Crippen molar-refractivity contribution >= 4 is 5.91 Å². The van der Waals surface area contributed by atoms with Crippen molar-refractivity contribution < 1.29 is 9.90 Å². The Morgan fingerprint density at radius 2 is 1.27 bits per heavy atom. The monoisotopic (exact) mass is 361 g/mol. The molecular weight excluding hydrogens is 322 g/mol. The van der Waals surface area contributed by atoms with E-state index in [0.717, 1.165) is 49.9 Å². The van der Waals surface area contributed by atoms with Gasteiger partial charge in [-0.05, 0) is 35.8 Å². The van der Waals surface area contributed by atoms with E-state index in [1.165, 1.54) is 0 Å². The molecule has 1 aromatic rings. The Kier molecular flexibility index (Phi) is 7.73. The number of phenolic OH excluding ortho intramolecular Hbond substituents is 1. The third kappa shape index (κ3) is 5.75. The summed E-state index contributed by atoms with van der Waals surface area (Å²) in [4.78, 5) is 15.3. The molecule has 0 aliphatic heterocycles. The van der Waals surface area contributed by atoms with Gasteiger partial charge in [-0.3, -0.25) is 4.79 Å². The minimum absolute atomic E-state index is 0.0860. The Bertz CT molecular complexity index is 563. The van der Waals surface area contributed by atoms with Crippen LogP contribution >= 0.6 is 0 Å². The van der Waals surface area contributed by atoms with Crippen LogP contribution in [-0.2, 0) is 10.8 Å². The van der Waals surface area contributed by atoms with Crippen LogP contribution in [0.5, 0.6) is 5.75 Å². The van der Waals surface area contributed by atoms with Crippen LogP contribution in [0.3, 0.4) is 0 Å². The van der Waals surface area contributed by atoms with Crippen LogP contribution in [0.25, 0.3) is 0 Å². The lowest BCUT2D eigenvalue weighted by Crippen LogP contribution is -2.33. The minimum atomic E-state index is -0.224. The zero-order valence-electron chi connectivity index (χ0n) is 18.2. The Hall–Kier alpha value is -1.51. The summed E-state index contributed by atoms with van der Waals surface area (Å²) in [6.45, 7) is 18.4. The van der Waals surface area contributed by atoms with Crippen LogP contribution in [0.15, 0.2) is 12.1 Å². The molecule has 3 nitrogen and oxygen atoms in total. The van der Waals surface area contributed by atoms with Gasteiger partial charge in [0.2, 0.25) is 0 Å². The zero-order chi connectivity index (χ0) is 20.1. The van der Waals surface area contributed by atoms with Crippen LogP contribution < -0.4 is 0 Å². The molecule has 0 radical (unpaired) electrons. The Labute approximate surface area is 160 Å². The molecule has 3 heteroatoms. The molecule has 1 rings (SSSR count). The van der Waals surface area contributed by atoms with Gasteiger partial charge >= 0.3 is 0 Å². The molecule has 0 unspecified atom stereocenters. The lowest BCUT2D eigenvalue weighted by atomic mass is 9.78. The molecule has 0 aliphatic carbocycles. The first-order valence-corrected chi connectivity index (χ1v) is 10.1. The molecular formula is C23H39NO2. The Morgan fingerprint density at radius 3 is 1.58 bits per heavy atom. The highest BCUT2D eigenvalue weighted by atomic mass is 16.3. The average Bonchev–Trinajstić information content (AvgIpc) is 2.52. The van der Waals surface area contributed by atoms with Crippen molar-refractivity contribution in [3.8, 4) is 5.75 Å². The van der Waals surface area contributed by atoms with Crippen molar-refractivity contribution in [1.29, 1.82) is 0 Å². The maximum absolute atomic E-state index is 13.3. The van der Waals surface area contributed by atoms with E-state index in [4.69, 9.17) is 0 Å². The highest BCUT2D eigenvalue weighted by molar-refractivity contribution is 5.95. The number of benzene rings is 1. The molecule has 0 fully saturated rings. The summed E-state index contributed by atoms with van der Waals surface area (Å²) < 4.78 is 0. The lowest BCUT2D eigenvalue weighted by molar-refractivity contribution is 0.0750. The average molecular weight is 362 g/mol. The van der Waals surface area contributed by atoms with Crippen LogP contribution in [0.4, 0.5) is 0 Å². The molecule has 0 aliphatic rings. The molecule has 0 saturated heterocycles. The molecule has 0 heterocycles. The summed E-state index contributed by atoms with van der Waals surface area (Å²) >= 11 is 0. The van der Waals surface area contributed by atoms with E-state index in [1.807, 2.05) is 17.0 Å². The van der Waals surface area contributed by atoms with Gasteiger partial charge in [-0.25, -0.2) is 0 Å². The van der Waals surface area contributed by atoms with Gasteiger partial charge < -0.3 is 10.0 Å². The second-order valence-corrected chi connectivity index (χ2v) is 9.42. The van der Waals surface area contributed by atoms with Crippen LogP contribution in [0, 0.1) is 0 Å². The molecule has 0 saturated carbocycles. The first-order valence-electron chi connectivity index (χ1n) is 10.1. The summed E-state index contributed by atoms with van der Waals surface area (Å²) in [5.41, 5.74) is 1.94. The highest BCUT2D eigenvalue weighted by Crippen LogP contribution is 2.40. The van der Waals surface area contributed by atoms with Gasteiger partial charge in [0.15, 0.2) is 0 Å². The van der Waals surface area contributed by atoms with Gasteiger partial charge in [0.1, 0.15) is 5.75 Å². The van der Waals surface area contributed by atoms with Crippen LogP contribution in [0.1, 0.15) is 103 Å². The first-order chi connectivity index (χ1) is 11.9. The third-order valence-electron chi connectivity index (χ3n) is 4.82. The van der Waals surface area contributed by atoms with Crippen molar-refractivity contribution in [3.05, 3.63) is 28.8 Å². The normalized spacial score (nSPS) is 12.3. The Balaban J connectivity index is 3.42. The third-order valence-corrected chi connectivity index (χ3v) is 4.82. The number of rotatable bonds is 7. The van der Waals surface area contributed by atoms with Crippen molar-refractivity contribution in [2.24, 2.45) is 0 Å². The second-order valence-electron chi connectivity index (χ2n) is 9.42. The molecule has 0 atom stereocenters. The largest absolute Gasteiger partial charge is 0.507 e. The molecule has 0 bridgehead atoms. The van der Waals surface area contributed by atoms with E-state index >= 15 is 0 Å². The maximum atomic E-state index is 13.3. The zero-order valence-corrected chi connectivity index (χ0v) is 18.2. The molecule has 0 spiro atoms. The maximum Gasteiger partial charge on any atom is 0.253 e. The fourth-order valence-electron chi connectivity index (χ4n) is 3.10. The number of carbonyl (C=O) groups is 1. The second kappa shape index (κ2) is 8.92. The molecule has 26 heavy (non-hydrogen) atoms. The fourth-order valence-corrected chi connectivity index (χ4v) is 3.10. The van der Waals surface area contributed by atoms with Gasteiger partial charge in [-0.2, -0.15) is 0 Å². The number of unbranched alkanes of at least 4 members (excludes halogenated alkanes) is 2. The highest BCUT2D eigenvalue weighted by Gasteiger charge is 2.28. The fraction of sp³-hybridized carbons (Fsp3) is 0.696. The van der Waals surface area contributed by atoms with E-state index in [2.05, 4.69) is 55.4 Å². The Morgan fingerprint density at radius 1 is 0.885 bits per heavy atom. The lowest BCUT2D eigenvalue weighted by Gasteiger charge is -2.29. The topological polar surface area (TPSA) is 40.5 Å². The number of aromatic hydroxyl groups is 1. The van der Waals surface area contributed by atoms with Crippen molar-refractivity contribution in [3.63, 3.8) is 0 Å². The van der Waals surface area contributed by atoms with Crippen LogP contribution in [-0.4, -0.2) is 29.0 Å². The van der Waals surface area contributed by atoms with Gasteiger partial charge in [-0.15, -0.1) is 0 Å². The minimum Gasteiger partial charge on any atom is -0.507 e. The number of nitrogens with zero attached hydrogens (tertiary/aromatic N) is 1. The van der Waals surface area contributed by atoms with Gasteiger partial charge in [0.05, 0.1) is 0 Å². The molecule has 1 N–H and O–H groups in total. The van der Waals surface area contributed by atoms with E-state index in [0.29, 0.717) is 11.3 Å². The molecule has 148 valence electrons. The standard InChI is InChI=1S/C23H39NO2/c1-9-11-13-24(14-12-10-2)21(26)17-15-18(22(3,4)5)20(25)19(16-17)23(6,7)8/h15-16,25H,9-14H2,1-8H3. The molecule has 0 aromatic heterocycles. The smallest absolute Gasteiger partial charge is 0.253 e. The summed E-state index contributed by atoms with van der Waals surface area (Å²) in [6.07, 6.45) is 4.19. The number of carbonyl (C=O) groups excluding carboxylic acids is 1. The van der Waals surface area contributed by atoms with Gasteiger partial charge in [-0.1, -0.05) is 68.2 Å². The predicted octanol–water partition coefficient (Wildman–Crippen LogP) is 6.03.